The van der Waals surface area contributed by atoms with Crippen molar-refractivity contribution < 1.29 is 12.8 Å². The summed E-state index contributed by atoms with van der Waals surface area (Å²) in [4.78, 5) is 1.93. The third-order valence-corrected chi connectivity index (χ3v) is 5.15. The number of hydrogen-bond donors (Lipinski definition) is 1. The van der Waals surface area contributed by atoms with Gasteiger partial charge in [-0.1, -0.05) is 12.1 Å². The summed E-state index contributed by atoms with van der Waals surface area (Å²) in [5.74, 6) is -0.0146. The molecule has 1 aliphatic rings. The molecule has 0 spiro atoms. The van der Waals surface area contributed by atoms with E-state index in [1.165, 1.54) is 6.07 Å². The van der Waals surface area contributed by atoms with Crippen LogP contribution in [0.2, 0.25) is 0 Å². The Morgan fingerprint density at radius 2 is 2.22 bits per heavy atom. The molecule has 0 amide bonds. The van der Waals surface area contributed by atoms with Crippen molar-refractivity contribution in [3.63, 3.8) is 0 Å². The molecule has 0 saturated carbocycles. The number of nitrogens with zero attached hydrogens (tertiary/aromatic N) is 1. The first-order valence-electron chi connectivity index (χ1n) is 5.82. The van der Waals surface area contributed by atoms with E-state index in [0.29, 0.717) is 18.5 Å². The largest absolute Gasteiger partial charge is 0.396 e. The quantitative estimate of drug-likeness (QED) is 0.835. The lowest BCUT2D eigenvalue weighted by atomic mass is 10.1. The second-order valence-corrected chi connectivity index (χ2v) is 7.01. The SMILES string of the molecule is CN(Cc1cccc(F)c1N)C1CCS(=O)(=O)C1. The minimum atomic E-state index is -2.90. The molecule has 1 unspecified atom stereocenters. The maximum absolute atomic E-state index is 13.3. The van der Waals surface area contributed by atoms with Crippen molar-refractivity contribution in [1.29, 1.82) is 0 Å². The lowest BCUT2D eigenvalue weighted by Gasteiger charge is -2.23. The molecule has 1 aromatic rings. The Labute approximate surface area is 107 Å². The van der Waals surface area contributed by atoms with Gasteiger partial charge in [0, 0.05) is 12.6 Å². The highest BCUT2D eigenvalue weighted by molar-refractivity contribution is 7.91. The molecule has 1 aromatic carbocycles. The van der Waals surface area contributed by atoms with E-state index in [1.807, 2.05) is 11.9 Å². The van der Waals surface area contributed by atoms with Gasteiger partial charge in [0.25, 0.3) is 0 Å². The normalized spacial score (nSPS) is 22.5. The van der Waals surface area contributed by atoms with Crippen LogP contribution in [0.15, 0.2) is 18.2 Å². The summed E-state index contributed by atoms with van der Waals surface area (Å²) in [6.07, 6.45) is 0.633. The molecule has 1 aliphatic heterocycles. The fourth-order valence-electron chi connectivity index (χ4n) is 2.24. The first-order valence-corrected chi connectivity index (χ1v) is 7.65. The molecular formula is C12H17FN2O2S. The van der Waals surface area contributed by atoms with Gasteiger partial charge in [-0.05, 0) is 25.1 Å². The van der Waals surface area contributed by atoms with E-state index < -0.39 is 15.7 Å². The molecule has 0 radical (unpaired) electrons. The highest BCUT2D eigenvalue weighted by Gasteiger charge is 2.30. The Balaban J connectivity index is 2.08. The van der Waals surface area contributed by atoms with Crippen LogP contribution in [0, 0.1) is 5.82 Å². The number of sulfone groups is 1. The smallest absolute Gasteiger partial charge is 0.151 e. The van der Waals surface area contributed by atoms with Gasteiger partial charge in [-0.2, -0.15) is 0 Å². The molecule has 0 aliphatic carbocycles. The number of para-hydroxylation sites is 1. The Hall–Kier alpha value is -1.14. The third-order valence-electron chi connectivity index (χ3n) is 3.39. The average Bonchev–Trinajstić information content (AvgIpc) is 2.65. The fraction of sp³-hybridized carbons (Fsp3) is 0.500. The molecule has 1 atom stereocenters. The van der Waals surface area contributed by atoms with Crippen molar-refractivity contribution in [2.75, 3.05) is 24.3 Å². The van der Waals surface area contributed by atoms with Gasteiger partial charge in [-0.15, -0.1) is 0 Å². The predicted molar refractivity (Wildman–Crippen MR) is 69.3 cm³/mol. The fourth-order valence-corrected chi connectivity index (χ4v) is 4.05. The van der Waals surface area contributed by atoms with Crippen molar-refractivity contribution in [2.24, 2.45) is 0 Å². The van der Waals surface area contributed by atoms with Crippen molar-refractivity contribution in [3.8, 4) is 0 Å². The van der Waals surface area contributed by atoms with E-state index in [1.54, 1.807) is 12.1 Å². The van der Waals surface area contributed by atoms with Gasteiger partial charge in [0.2, 0.25) is 0 Å². The Morgan fingerprint density at radius 3 is 2.83 bits per heavy atom. The zero-order valence-corrected chi connectivity index (χ0v) is 11.1. The summed E-state index contributed by atoms with van der Waals surface area (Å²) in [5, 5.41) is 0. The molecule has 6 heteroatoms. The molecule has 0 aromatic heterocycles. The maximum atomic E-state index is 13.3. The average molecular weight is 272 g/mol. The van der Waals surface area contributed by atoms with Crippen LogP contribution in [0.25, 0.3) is 0 Å². The molecule has 18 heavy (non-hydrogen) atoms. The number of halogens is 1. The zero-order valence-electron chi connectivity index (χ0n) is 10.3. The number of hydrogen-bond acceptors (Lipinski definition) is 4. The number of benzene rings is 1. The molecule has 2 rings (SSSR count). The number of nitrogens with two attached hydrogens (primary N) is 1. The molecule has 0 bridgehead atoms. The van der Waals surface area contributed by atoms with Gasteiger partial charge in [-0.3, -0.25) is 4.90 Å². The number of nitrogen functional groups attached to an aromatic ring is 1. The van der Waals surface area contributed by atoms with Gasteiger partial charge in [0.05, 0.1) is 17.2 Å². The van der Waals surface area contributed by atoms with Gasteiger partial charge in [0.15, 0.2) is 9.84 Å². The van der Waals surface area contributed by atoms with Crippen LogP contribution in [-0.2, 0) is 16.4 Å². The Morgan fingerprint density at radius 1 is 1.50 bits per heavy atom. The van der Waals surface area contributed by atoms with E-state index in [-0.39, 0.29) is 23.2 Å². The van der Waals surface area contributed by atoms with Gasteiger partial charge >= 0.3 is 0 Å². The molecule has 2 N–H and O–H groups in total. The van der Waals surface area contributed by atoms with Crippen LogP contribution < -0.4 is 5.73 Å². The van der Waals surface area contributed by atoms with Crippen LogP contribution in [-0.4, -0.2) is 37.9 Å². The Kier molecular flexibility index (Phi) is 3.59. The van der Waals surface area contributed by atoms with Crippen molar-refractivity contribution in [1.82, 2.24) is 4.90 Å². The van der Waals surface area contributed by atoms with Crippen LogP contribution in [0.5, 0.6) is 0 Å². The summed E-state index contributed by atoms with van der Waals surface area (Å²) < 4.78 is 36.1. The van der Waals surface area contributed by atoms with E-state index in [4.69, 9.17) is 5.73 Å². The zero-order chi connectivity index (χ0) is 13.3. The molecule has 1 saturated heterocycles. The maximum Gasteiger partial charge on any atom is 0.151 e. The van der Waals surface area contributed by atoms with Crippen molar-refractivity contribution in [2.45, 2.75) is 19.0 Å². The van der Waals surface area contributed by atoms with E-state index in [2.05, 4.69) is 0 Å². The highest BCUT2D eigenvalue weighted by atomic mass is 32.2. The van der Waals surface area contributed by atoms with Crippen molar-refractivity contribution >= 4 is 15.5 Å². The molecule has 100 valence electrons. The van der Waals surface area contributed by atoms with Crippen LogP contribution in [0.4, 0.5) is 10.1 Å². The van der Waals surface area contributed by atoms with Gasteiger partial charge < -0.3 is 5.73 Å². The molecule has 1 fully saturated rings. The first kappa shape index (κ1) is 13.3. The third kappa shape index (κ3) is 2.81. The summed E-state index contributed by atoms with van der Waals surface area (Å²) in [6.45, 7) is 0.462. The lowest BCUT2D eigenvalue weighted by Crippen LogP contribution is -2.32. The molecule has 4 nitrogen and oxygen atoms in total. The van der Waals surface area contributed by atoms with Crippen LogP contribution in [0.3, 0.4) is 0 Å². The first-order chi connectivity index (χ1) is 8.39. The molecule has 1 heterocycles. The second-order valence-electron chi connectivity index (χ2n) is 4.78. The highest BCUT2D eigenvalue weighted by Crippen LogP contribution is 2.22. The standard InChI is InChI=1S/C12H17FN2O2S/c1-15(10-5-6-18(16,17)8-10)7-9-3-2-4-11(13)12(9)14/h2-4,10H,5-8,14H2,1H3. The predicted octanol–water partition coefficient (Wildman–Crippen LogP) is 1.03. The second kappa shape index (κ2) is 4.85. The van der Waals surface area contributed by atoms with Gasteiger partial charge in [0.1, 0.15) is 5.82 Å². The lowest BCUT2D eigenvalue weighted by molar-refractivity contribution is 0.254. The summed E-state index contributed by atoms with van der Waals surface area (Å²) in [5.41, 5.74) is 6.50. The van der Waals surface area contributed by atoms with Crippen molar-refractivity contribution in [3.05, 3.63) is 29.6 Å². The number of rotatable bonds is 3. The summed E-state index contributed by atoms with van der Waals surface area (Å²) in [7, 11) is -1.05. The Bertz CT molecular complexity index is 545. The van der Waals surface area contributed by atoms with E-state index in [0.717, 1.165) is 0 Å². The minimum Gasteiger partial charge on any atom is -0.396 e. The van der Waals surface area contributed by atoms with Crippen LogP contribution in [0.1, 0.15) is 12.0 Å². The van der Waals surface area contributed by atoms with E-state index in [9.17, 15) is 12.8 Å². The van der Waals surface area contributed by atoms with E-state index >= 15 is 0 Å². The molecular weight excluding hydrogens is 255 g/mol. The van der Waals surface area contributed by atoms with Gasteiger partial charge in [-0.25, -0.2) is 12.8 Å². The summed E-state index contributed by atoms with van der Waals surface area (Å²) in [6, 6.07) is 4.69. The monoisotopic (exact) mass is 272 g/mol. The van der Waals surface area contributed by atoms with Crippen LogP contribution >= 0.6 is 0 Å². The topological polar surface area (TPSA) is 63.4 Å². The summed E-state index contributed by atoms with van der Waals surface area (Å²) >= 11 is 0. The minimum absolute atomic E-state index is 0.00216. The number of anilines is 1.